The van der Waals surface area contributed by atoms with Crippen molar-refractivity contribution in [2.75, 3.05) is 44.3 Å². The maximum atomic E-state index is 5.37. The maximum Gasteiger partial charge on any atom is 0.0671 e. The summed E-state index contributed by atoms with van der Waals surface area (Å²) in [6.07, 6.45) is 0. The minimum atomic E-state index is 0.291. The lowest BCUT2D eigenvalue weighted by molar-refractivity contribution is -0.131. The van der Waals surface area contributed by atoms with Crippen LogP contribution in [0, 0.1) is 6.92 Å². The molecule has 2 aliphatic rings. The third-order valence-corrected chi connectivity index (χ3v) is 4.72. The van der Waals surface area contributed by atoms with Gasteiger partial charge in [-0.3, -0.25) is 4.90 Å². The van der Waals surface area contributed by atoms with Gasteiger partial charge in [0.25, 0.3) is 0 Å². The van der Waals surface area contributed by atoms with E-state index in [0.717, 1.165) is 39.4 Å². The van der Waals surface area contributed by atoms with E-state index in [1.807, 2.05) is 13.8 Å². The van der Waals surface area contributed by atoms with Crippen LogP contribution in [-0.2, 0) is 4.74 Å². The Labute approximate surface area is 137 Å². The fourth-order valence-electron chi connectivity index (χ4n) is 2.98. The quantitative estimate of drug-likeness (QED) is 0.805. The third kappa shape index (κ3) is 3.79. The fraction of sp³-hybridized carbons (Fsp3) is 0.647. The first-order chi connectivity index (χ1) is 10.1. The van der Waals surface area contributed by atoms with Gasteiger partial charge in [0.2, 0.25) is 0 Å². The molecule has 0 spiro atoms. The van der Waals surface area contributed by atoms with E-state index < -0.39 is 0 Å². The minimum Gasteiger partial charge on any atom is -0.377 e. The molecule has 3 rings (SSSR count). The van der Waals surface area contributed by atoms with Crippen LogP contribution in [0.15, 0.2) is 22.7 Å². The van der Waals surface area contributed by atoms with Crippen LogP contribution >= 0.6 is 15.9 Å². The maximum absolute atomic E-state index is 5.37. The summed E-state index contributed by atoms with van der Waals surface area (Å²) in [5.41, 5.74) is 2.94. The standard InChI is InChI=1S/C15H21BrN2O.C2H6/c1-12-7-13(16)9-14(8-12)17-3-5-18(6-4-17)15(2)10-19-11-15;1-2/h7-9H,3-6,10-11H2,1-2H3;1-2H3. The number of rotatable bonds is 2. The van der Waals surface area contributed by atoms with Gasteiger partial charge in [-0.05, 0) is 37.6 Å². The van der Waals surface area contributed by atoms with Crippen molar-refractivity contribution < 1.29 is 4.74 Å². The zero-order valence-electron chi connectivity index (χ0n) is 13.7. The molecule has 0 bridgehead atoms. The molecule has 1 aromatic rings. The van der Waals surface area contributed by atoms with Crippen LogP contribution in [0.5, 0.6) is 0 Å². The number of piperazine rings is 1. The van der Waals surface area contributed by atoms with Crippen molar-refractivity contribution >= 4 is 21.6 Å². The Balaban J connectivity index is 0.000000774. The van der Waals surface area contributed by atoms with Gasteiger partial charge in [0.15, 0.2) is 0 Å². The lowest BCUT2D eigenvalue weighted by atomic mass is 9.97. The molecule has 0 amide bonds. The van der Waals surface area contributed by atoms with E-state index in [2.05, 4.69) is 57.8 Å². The molecule has 2 aliphatic heterocycles. The van der Waals surface area contributed by atoms with E-state index in [-0.39, 0.29) is 0 Å². The van der Waals surface area contributed by atoms with Gasteiger partial charge >= 0.3 is 0 Å². The molecule has 0 aromatic heterocycles. The normalized spacial score (nSPS) is 21.3. The molecule has 0 unspecified atom stereocenters. The molecule has 118 valence electrons. The van der Waals surface area contributed by atoms with Crippen molar-refractivity contribution in [3.63, 3.8) is 0 Å². The van der Waals surface area contributed by atoms with E-state index in [4.69, 9.17) is 4.74 Å². The lowest BCUT2D eigenvalue weighted by Gasteiger charge is -2.50. The molecule has 4 heteroatoms. The van der Waals surface area contributed by atoms with Crippen LogP contribution in [0.1, 0.15) is 26.3 Å². The molecule has 1 aromatic carbocycles. The van der Waals surface area contributed by atoms with Crippen molar-refractivity contribution in [2.45, 2.75) is 33.2 Å². The topological polar surface area (TPSA) is 15.7 Å². The highest BCUT2D eigenvalue weighted by atomic mass is 79.9. The summed E-state index contributed by atoms with van der Waals surface area (Å²) in [7, 11) is 0. The smallest absolute Gasteiger partial charge is 0.0671 e. The molecular weight excluding hydrogens is 328 g/mol. The van der Waals surface area contributed by atoms with Gasteiger partial charge < -0.3 is 9.64 Å². The summed E-state index contributed by atoms with van der Waals surface area (Å²) in [5, 5.41) is 0. The van der Waals surface area contributed by atoms with E-state index >= 15 is 0 Å². The Kier molecular flexibility index (Phi) is 5.69. The average Bonchev–Trinajstić information content (AvgIpc) is 2.46. The number of hydrogen-bond acceptors (Lipinski definition) is 3. The second kappa shape index (κ2) is 7.12. The SMILES string of the molecule is CC.Cc1cc(Br)cc(N2CCN(C3(C)COC3)CC2)c1. The Bertz CT molecular complexity index is 446. The van der Waals surface area contributed by atoms with Crippen molar-refractivity contribution in [1.82, 2.24) is 4.90 Å². The number of hydrogen-bond donors (Lipinski definition) is 0. The first kappa shape index (κ1) is 16.8. The van der Waals surface area contributed by atoms with Gasteiger partial charge in [0, 0.05) is 36.3 Å². The van der Waals surface area contributed by atoms with E-state index in [0.29, 0.717) is 5.54 Å². The van der Waals surface area contributed by atoms with Gasteiger partial charge in [0.1, 0.15) is 0 Å². The average molecular weight is 355 g/mol. The number of anilines is 1. The Morgan fingerprint density at radius 2 is 1.67 bits per heavy atom. The predicted molar refractivity (Wildman–Crippen MR) is 93.2 cm³/mol. The van der Waals surface area contributed by atoms with Crippen molar-refractivity contribution in [2.24, 2.45) is 0 Å². The first-order valence-corrected chi connectivity index (χ1v) is 8.71. The van der Waals surface area contributed by atoms with Crippen LogP contribution in [0.3, 0.4) is 0 Å². The van der Waals surface area contributed by atoms with Crippen molar-refractivity contribution in [3.05, 3.63) is 28.2 Å². The van der Waals surface area contributed by atoms with Crippen LogP contribution in [0.25, 0.3) is 0 Å². The predicted octanol–water partition coefficient (Wildman–Crippen LogP) is 3.69. The third-order valence-electron chi connectivity index (χ3n) is 4.26. The summed E-state index contributed by atoms with van der Waals surface area (Å²) >= 11 is 3.59. The molecule has 0 radical (unpaired) electrons. The monoisotopic (exact) mass is 354 g/mol. The highest BCUT2D eigenvalue weighted by Crippen LogP contribution is 2.28. The number of nitrogens with zero attached hydrogens (tertiary/aromatic N) is 2. The molecule has 0 N–H and O–H groups in total. The minimum absolute atomic E-state index is 0.291. The number of halogens is 1. The van der Waals surface area contributed by atoms with Crippen LogP contribution in [-0.4, -0.2) is 49.8 Å². The molecule has 2 fully saturated rings. The van der Waals surface area contributed by atoms with Crippen LogP contribution in [0.2, 0.25) is 0 Å². The Hall–Kier alpha value is -0.580. The van der Waals surface area contributed by atoms with Gasteiger partial charge in [-0.15, -0.1) is 0 Å². The zero-order valence-corrected chi connectivity index (χ0v) is 15.2. The van der Waals surface area contributed by atoms with E-state index in [1.54, 1.807) is 0 Å². The van der Waals surface area contributed by atoms with E-state index in [1.165, 1.54) is 15.7 Å². The summed E-state index contributed by atoms with van der Waals surface area (Å²) in [4.78, 5) is 5.06. The lowest BCUT2D eigenvalue weighted by Crippen LogP contribution is -2.64. The van der Waals surface area contributed by atoms with Crippen molar-refractivity contribution in [3.8, 4) is 0 Å². The summed E-state index contributed by atoms with van der Waals surface area (Å²) < 4.78 is 6.54. The molecule has 21 heavy (non-hydrogen) atoms. The first-order valence-electron chi connectivity index (χ1n) is 7.92. The summed E-state index contributed by atoms with van der Waals surface area (Å²) in [5.74, 6) is 0. The highest BCUT2D eigenvalue weighted by molar-refractivity contribution is 9.10. The molecule has 2 saturated heterocycles. The van der Waals surface area contributed by atoms with Gasteiger partial charge in [0.05, 0.1) is 18.8 Å². The van der Waals surface area contributed by atoms with Gasteiger partial charge in [-0.1, -0.05) is 29.8 Å². The van der Waals surface area contributed by atoms with Gasteiger partial charge in [-0.25, -0.2) is 0 Å². The largest absolute Gasteiger partial charge is 0.377 e. The molecular formula is C17H27BrN2O. The van der Waals surface area contributed by atoms with Gasteiger partial charge in [-0.2, -0.15) is 0 Å². The molecule has 0 saturated carbocycles. The second-order valence-corrected chi connectivity index (χ2v) is 6.87. The molecule has 2 heterocycles. The number of benzene rings is 1. The van der Waals surface area contributed by atoms with E-state index in [9.17, 15) is 0 Å². The highest BCUT2D eigenvalue weighted by Gasteiger charge is 2.40. The fourth-order valence-corrected chi connectivity index (χ4v) is 3.58. The van der Waals surface area contributed by atoms with Crippen LogP contribution in [0.4, 0.5) is 5.69 Å². The van der Waals surface area contributed by atoms with Crippen molar-refractivity contribution in [1.29, 1.82) is 0 Å². The number of ether oxygens (including phenoxy) is 1. The Morgan fingerprint density at radius 3 is 2.14 bits per heavy atom. The second-order valence-electron chi connectivity index (χ2n) is 5.95. The molecule has 0 aliphatic carbocycles. The molecule has 3 nitrogen and oxygen atoms in total. The molecule has 0 atom stereocenters. The summed E-state index contributed by atoms with van der Waals surface area (Å²) in [6, 6.07) is 6.65. The van der Waals surface area contributed by atoms with Crippen LogP contribution < -0.4 is 4.90 Å². The number of aryl methyl sites for hydroxylation is 1. The summed E-state index contributed by atoms with van der Waals surface area (Å²) in [6.45, 7) is 14.7. The Morgan fingerprint density at radius 1 is 1.05 bits per heavy atom. The zero-order chi connectivity index (χ0) is 15.5.